The van der Waals surface area contributed by atoms with Crippen LogP contribution in [0.15, 0.2) is 27.5 Å². The van der Waals surface area contributed by atoms with Crippen LogP contribution in [0.2, 0.25) is 0 Å². The van der Waals surface area contributed by atoms with Gasteiger partial charge in [0.1, 0.15) is 0 Å². The van der Waals surface area contributed by atoms with Gasteiger partial charge in [-0.2, -0.15) is 8.78 Å². The molecule has 0 amide bonds. The lowest BCUT2D eigenvalue weighted by Crippen LogP contribution is -2.17. The van der Waals surface area contributed by atoms with Crippen LogP contribution < -0.4 is 5.56 Å². The van der Waals surface area contributed by atoms with Crippen LogP contribution in [0.1, 0.15) is 12.3 Å². The van der Waals surface area contributed by atoms with Gasteiger partial charge in [-0.1, -0.05) is 5.92 Å². The number of halogens is 2. The fourth-order valence-electron chi connectivity index (χ4n) is 1.31. The van der Waals surface area contributed by atoms with E-state index in [1.165, 1.54) is 22.9 Å². The minimum Gasteiger partial charge on any atom is -0.415 e. The topological polar surface area (TPSA) is 60.9 Å². The largest absolute Gasteiger partial charge is 0.415 e. The lowest BCUT2D eigenvalue weighted by molar-refractivity contribution is 0.116. The first kappa shape index (κ1) is 12.0. The molecule has 0 saturated heterocycles. The van der Waals surface area contributed by atoms with E-state index in [-0.39, 0.29) is 23.6 Å². The molecule has 0 aromatic carbocycles. The molecule has 7 heteroatoms. The van der Waals surface area contributed by atoms with Crippen LogP contribution in [-0.2, 0) is 6.54 Å². The predicted octanol–water partition coefficient (Wildman–Crippen LogP) is 1.47. The molecular formula is C11H7F2N3O2. The predicted molar refractivity (Wildman–Crippen MR) is 57.8 cm³/mol. The van der Waals surface area contributed by atoms with Crippen LogP contribution in [-0.4, -0.2) is 14.8 Å². The quantitative estimate of drug-likeness (QED) is 0.775. The van der Waals surface area contributed by atoms with Gasteiger partial charge in [-0.3, -0.25) is 4.79 Å². The highest BCUT2D eigenvalue weighted by atomic mass is 19.3. The van der Waals surface area contributed by atoms with Gasteiger partial charge in [0.25, 0.3) is 11.4 Å². The zero-order valence-electron chi connectivity index (χ0n) is 9.01. The van der Waals surface area contributed by atoms with Gasteiger partial charge in [0.15, 0.2) is 0 Å². The molecule has 0 atom stereocenters. The molecule has 2 heterocycles. The molecule has 0 bridgehead atoms. The van der Waals surface area contributed by atoms with Crippen molar-refractivity contribution >= 4 is 0 Å². The van der Waals surface area contributed by atoms with Gasteiger partial charge in [-0.15, -0.1) is 16.6 Å². The van der Waals surface area contributed by atoms with Crippen molar-refractivity contribution in [2.45, 2.75) is 13.0 Å². The summed E-state index contributed by atoms with van der Waals surface area (Å²) in [5.74, 6) is 1.41. The van der Waals surface area contributed by atoms with Crippen molar-refractivity contribution in [2.75, 3.05) is 0 Å². The highest BCUT2D eigenvalue weighted by molar-refractivity contribution is 5.50. The van der Waals surface area contributed by atoms with Gasteiger partial charge in [0.05, 0.1) is 6.54 Å². The third kappa shape index (κ3) is 2.27. The van der Waals surface area contributed by atoms with Gasteiger partial charge in [-0.25, -0.2) is 0 Å². The number of alkyl halides is 2. The number of aromatic nitrogens is 3. The maximum atomic E-state index is 12.3. The third-order valence-corrected chi connectivity index (χ3v) is 2.13. The van der Waals surface area contributed by atoms with Crippen molar-refractivity contribution in [3.8, 4) is 23.8 Å². The van der Waals surface area contributed by atoms with Crippen LogP contribution in [0.4, 0.5) is 8.78 Å². The van der Waals surface area contributed by atoms with E-state index in [1.54, 1.807) is 0 Å². The Morgan fingerprint density at radius 3 is 2.83 bits per heavy atom. The molecule has 0 aliphatic rings. The standard InChI is InChI=1S/C11H7F2N3O2/c1-2-4-16-5-3-7(6-8(16)17)10-14-15-11(18-10)9(12)13/h1,3,5-6,9H,4H2. The molecule has 0 saturated carbocycles. The Bertz CT molecular complexity index is 655. The van der Waals surface area contributed by atoms with Crippen molar-refractivity contribution in [3.63, 3.8) is 0 Å². The molecular weight excluding hydrogens is 244 g/mol. The van der Waals surface area contributed by atoms with E-state index < -0.39 is 12.3 Å². The summed E-state index contributed by atoms with van der Waals surface area (Å²) in [6.07, 6.45) is 3.68. The van der Waals surface area contributed by atoms with E-state index in [0.29, 0.717) is 0 Å². The van der Waals surface area contributed by atoms with Crippen molar-refractivity contribution in [3.05, 3.63) is 34.6 Å². The number of pyridine rings is 1. The van der Waals surface area contributed by atoms with E-state index in [1.807, 2.05) is 0 Å². The Kier molecular flexibility index (Phi) is 3.19. The number of rotatable bonds is 3. The van der Waals surface area contributed by atoms with Gasteiger partial charge in [-0.05, 0) is 6.07 Å². The summed E-state index contributed by atoms with van der Waals surface area (Å²) in [6.45, 7) is 0.130. The molecule has 92 valence electrons. The molecule has 0 N–H and O–H groups in total. The zero-order chi connectivity index (χ0) is 13.1. The summed E-state index contributed by atoms with van der Waals surface area (Å²) < 4.78 is 30.5. The first-order chi connectivity index (χ1) is 8.61. The molecule has 18 heavy (non-hydrogen) atoms. The molecule has 0 radical (unpaired) electrons. The Hall–Kier alpha value is -2.49. The average Bonchev–Trinajstić information content (AvgIpc) is 2.81. The molecule has 0 spiro atoms. The second kappa shape index (κ2) is 4.79. The highest BCUT2D eigenvalue weighted by Crippen LogP contribution is 2.21. The molecule has 2 rings (SSSR count). The van der Waals surface area contributed by atoms with Gasteiger partial charge in [0.2, 0.25) is 5.89 Å². The van der Waals surface area contributed by atoms with Crippen molar-refractivity contribution < 1.29 is 13.2 Å². The van der Waals surface area contributed by atoms with Crippen LogP contribution >= 0.6 is 0 Å². The summed E-state index contributed by atoms with van der Waals surface area (Å²) in [6, 6.07) is 2.68. The minimum absolute atomic E-state index is 0.129. The van der Waals surface area contributed by atoms with E-state index in [2.05, 4.69) is 16.1 Å². The Balaban J connectivity index is 2.37. The summed E-state index contributed by atoms with van der Waals surface area (Å²) in [7, 11) is 0. The molecule has 0 aliphatic carbocycles. The Morgan fingerprint density at radius 2 is 2.28 bits per heavy atom. The molecule has 0 unspecified atom stereocenters. The lowest BCUT2D eigenvalue weighted by Gasteiger charge is -2.00. The lowest BCUT2D eigenvalue weighted by atomic mass is 10.2. The van der Waals surface area contributed by atoms with Gasteiger partial charge >= 0.3 is 6.43 Å². The van der Waals surface area contributed by atoms with Crippen LogP contribution in [0.3, 0.4) is 0 Å². The molecule has 2 aromatic heterocycles. The summed E-state index contributed by atoms with van der Waals surface area (Å²) >= 11 is 0. The average molecular weight is 251 g/mol. The maximum Gasteiger partial charge on any atom is 0.314 e. The fraction of sp³-hybridized carbons (Fsp3) is 0.182. The van der Waals surface area contributed by atoms with E-state index in [9.17, 15) is 13.6 Å². The third-order valence-electron chi connectivity index (χ3n) is 2.13. The fourth-order valence-corrected chi connectivity index (χ4v) is 1.31. The summed E-state index contributed by atoms with van der Waals surface area (Å²) in [5, 5.41) is 6.61. The number of nitrogens with zero attached hydrogens (tertiary/aromatic N) is 3. The molecule has 0 aliphatic heterocycles. The Morgan fingerprint density at radius 1 is 1.50 bits per heavy atom. The van der Waals surface area contributed by atoms with E-state index in [0.717, 1.165) is 0 Å². The van der Waals surface area contributed by atoms with Crippen LogP contribution in [0.25, 0.3) is 11.5 Å². The maximum absolute atomic E-state index is 12.3. The Labute approximate surface area is 100 Å². The number of terminal acetylenes is 1. The first-order valence-electron chi connectivity index (χ1n) is 4.87. The van der Waals surface area contributed by atoms with E-state index >= 15 is 0 Å². The second-order valence-electron chi connectivity index (χ2n) is 3.33. The monoisotopic (exact) mass is 251 g/mol. The summed E-state index contributed by atoms with van der Waals surface area (Å²) in [5.41, 5.74) is -0.102. The minimum atomic E-state index is -2.84. The second-order valence-corrected chi connectivity index (χ2v) is 3.33. The van der Waals surface area contributed by atoms with Crippen LogP contribution in [0, 0.1) is 12.3 Å². The zero-order valence-corrected chi connectivity index (χ0v) is 9.01. The number of hydrogen-bond acceptors (Lipinski definition) is 4. The smallest absolute Gasteiger partial charge is 0.314 e. The van der Waals surface area contributed by atoms with Crippen LogP contribution in [0.5, 0.6) is 0 Å². The van der Waals surface area contributed by atoms with Crippen molar-refractivity contribution in [1.29, 1.82) is 0 Å². The molecule has 0 fully saturated rings. The van der Waals surface area contributed by atoms with E-state index in [4.69, 9.17) is 10.8 Å². The summed E-state index contributed by atoms with van der Waals surface area (Å²) in [4.78, 5) is 11.6. The first-order valence-corrected chi connectivity index (χ1v) is 4.87. The van der Waals surface area contributed by atoms with Crippen molar-refractivity contribution in [2.24, 2.45) is 0 Å². The van der Waals surface area contributed by atoms with Crippen molar-refractivity contribution in [1.82, 2.24) is 14.8 Å². The number of hydrogen-bond donors (Lipinski definition) is 0. The normalized spacial score (nSPS) is 10.6. The van der Waals surface area contributed by atoms with Gasteiger partial charge in [0, 0.05) is 17.8 Å². The SMILES string of the molecule is C#CCn1ccc(-c2nnc(C(F)F)o2)cc1=O. The molecule has 5 nitrogen and oxygen atoms in total. The highest BCUT2D eigenvalue weighted by Gasteiger charge is 2.17. The van der Waals surface area contributed by atoms with Gasteiger partial charge < -0.3 is 8.98 Å². The molecule has 2 aromatic rings.